The number of benzene rings is 1. The Morgan fingerprint density at radius 1 is 1.32 bits per heavy atom. The molecule has 106 valence electrons. The Balaban J connectivity index is 2.59. The molecule has 1 aromatic carbocycles. The topological polar surface area (TPSA) is 29.1 Å². The van der Waals surface area contributed by atoms with Gasteiger partial charge in [-0.1, -0.05) is 37.3 Å². The zero-order valence-electron chi connectivity index (χ0n) is 11.9. The number of amides is 1. The summed E-state index contributed by atoms with van der Waals surface area (Å²) in [5.41, 5.74) is 2.05. The molecule has 0 radical (unpaired) electrons. The number of nitrogens with one attached hydrogen (secondary N) is 1. The normalized spacial score (nSPS) is 12.8. The molecule has 1 atom stereocenters. The molecule has 1 unspecified atom stereocenters. The second kappa shape index (κ2) is 7.47. The van der Waals surface area contributed by atoms with E-state index in [-0.39, 0.29) is 15.4 Å². The molecule has 1 aromatic rings. The van der Waals surface area contributed by atoms with Gasteiger partial charge in [0.15, 0.2) is 0 Å². The number of anilines is 1. The van der Waals surface area contributed by atoms with Gasteiger partial charge in [-0.05, 0) is 44.5 Å². The van der Waals surface area contributed by atoms with Gasteiger partial charge < -0.3 is 5.32 Å². The van der Waals surface area contributed by atoms with E-state index in [9.17, 15) is 4.79 Å². The summed E-state index contributed by atoms with van der Waals surface area (Å²) in [5.74, 6) is 0.606. The fraction of sp³-hybridized carbons (Fsp3) is 0.462. The number of hydrogen-bond acceptors (Lipinski definition) is 2. The van der Waals surface area contributed by atoms with Crippen LogP contribution in [0, 0.1) is 6.92 Å². The molecule has 6 heteroatoms. The summed E-state index contributed by atoms with van der Waals surface area (Å²) in [6.45, 7) is 8.98. The van der Waals surface area contributed by atoms with Crippen molar-refractivity contribution in [1.82, 2.24) is 0 Å². The minimum absolute atomic E-state index is 0.0279. The highest BCUT2D eigenvalue weighted by molar-refractivity contribution is 8.49. The summed E-state index contributed by atoms with van der Waals surface area (Å²) >= 11 is 5.11. The van der Waals surface area contributed by atoms with Crippen LogP contribution in [0.2, 0.25) is 19.6 Å². The Morgan fingerprint density at radius 2 is 1.89 bits per heavy atom. The molecule has 0 saturated heterocycles. The van der Waals surface area contributed by atoms with Crippen molar-refractivity contribution < 1.29 is 4.79 Å². The van der Waals surface area contributed by atoms with E-state index in [2.05, 4.69) is 25.0 Å². The van der Waals surface area contributed by atoms with E-state index in [0.717, 1.165) is 11.1 Å². The summed E-state index contributed by atoms with van der Waals surface area (Å²) in [7, 11) is 0.232. The van der Waals surface area contributed by atoms with Crippen molar-refractivity contribution in [3.8, 4) is 0 Å². The van der Waals surface area contributed by atoms with Crippen LogP contribution in [0.3, 0.4) is 0 Å². The molecule has 0 aromatic heterocycles. The van der Waals surface area contributed by atoms with Crippen LogP contribution in [-0.2, 0) is 34.3 Å². The molecule has 2 nitrogen and oxygen atoms in total. The van der Waals surface area contributed by atoms with Gasteiger partial charge in [-0.2, -0.15) is 0 Å². The predicted molar refractivity (Wildman–Crippen MR) is 95.0 cm³/mol. The van der Waals surface area contributed by atoms with Gasteiger partial charge in [-0.15, -0.1) is 9.45 Å². The average molecular weight is 332 g/mol. The van der Waals surface area contributed by atoms with E-state index in [1.807, 2.05) is 31.2 Å². The molecule has 0 aliphatic heterocycles. The van der Waals surface area contributed by atoms with E-state index < -0.39 is 8.07 Å². The first-order valence-corrected chi connectivity index (χ1v) is 13.7. The highest BCUT2D eigenvalue weighted by atomic mass is 33.1. The molecule has 0 fully saturated rings. The van der Waals surface area contributed by atoms with Crippen LogP contribution in [0.5, 0.6) is 0 Å². The molecular formula is C13H21NOS3Si. The van der Waals surface area contributed by atoms with E-state index in [0.29, 0.717) is 5.75 Å². The molecule has 0 aliphatic rings. The third kappa shape index (κ3) is 7.15. The van der Waals surface area contributed by atoms with Gasteiger partial charge in [-0.25, -0.2) is 0 Å². The molecular weight excluding hydrogens is 310 g/mol. The lowest BCUT2D eigenvalue weighted by Crippen LogP contribution is -2.32. The fourth-order valence-corrected chi connectivity index (χ4v) is 12.3. The Labute approximate surface area is 126 Å². The average Bonchev–Trinajstić information content (AvgIpc) is 2.29. The lowest BCUT2D eigenvalue weighted by atomic mass is 10.2. The number of rotatable bonds is 5. The van der Waals surface area contributed by atoms with Gasteiger partial charge in [0.1, 0.15) is 0 Å². The third-order valence-corrected chi connectivity index (χ3v) is 11.6. The number of hydrogen-bond donors (Lipinski definition) is 1. The molecule has 19 heavy (non-hydrogen) atoms. The SMILES string of the molecule is Cc1ccc(NC(=O)CS(C[Si](C)(C)C)=S=S)cc1. The van der Waals surface area contributed by atoms with E-state index in [1.165, 1.54) is 14.4 Å². The van der Waals surface area contributed by atoms with Crippen molar-refractivity contribution in [2.24, 2.45) is 0 Å². The molecule has 1 amide bonds. The smallest absolute Gasteiger partial charge is 0.234 e. The Kier molecular flexibility index (Phi) is 6.59. The number of aryl methyl sites for hydroxylation is 1. The second-order valence-electron chi connectivity index (χ2n) is 5.77. The standard InChI is InChI=1S/C13H21NOS3Si/c1-11-5-7-12(8-6-11)14-13(15)9-18(17-16)10-19(2,3)4/h5-8H,9-10H2,1-4H3,(H,14,15). The second-order valence-corrected chi connectivity index (χ2v) is 16.4. The highest BCUT2D eigenvalue weighted by Gasteiger charge is 2.17. The van der Waals surface area contributed by atoms with Crippen LogP contribution >= 0.6 is 0 Å². The van der Waals surface area contributed by atoms with Crippen LogP contribution in [0.15, 0.2) is 24.3 Å². The van der Waals surface area contributed by atoms with Gasteiger partial charge in [0.25, 0.3) is 0 Å². The molecule has 0 spiro atoms. The van der Waals surface area contributed by atoms with Crippen molar-refractivity contribution in [2.45, 2.75) is 26.6 Å². The van der Waals surface area contributed by atoms with Gasteiger partial charge in [0.2, 0.25) is 5.91 Å². The highest BCUT2D eigenvalue weighted by Crippen LogP contribution is 2.09. The number of carbonyl (C=O) groups is 1. The quantitative estimate of drug-likeness (QED) is 0.841. The molecule has 0 bridgehead atoms. The summed E-state index contributed by atoms with van der Waals surface area (Å²) < 4.78 is 0. The zero-order valence-corrected chi connectivity index (χ0v) is 15.3. The van der Waals surface area contributed by atoms with Gasteiger partial charge >= 0.3 is 0 Å². The third-order valence-electron chi connectivity index (χ3n) is 2.32. The van der Waals surface area contributed by atoms with Crippen LogP contribution < -0.4 is 5.32 Å². The molecule has 1 N–H and O–H groups in total. The fourth-order valence-electron chi connectivity index (χ4n) is 1.56. The van der Waals surface area contributed by atoms with Crippen LogP contribution in [0.25, 0.3) is 0 Å². The summed E-state index contributed by atoms with van der Waals surface area (Å²) in [4.78, 5) is 12.0. The monoisotopic (exact) mass is 331 g/mol. The molecule has 0 heterocycles. The number of carbonyl (C=O) groups excluding carboxylic acids is 1. The summed E-state index contributed by atoms with van der Waals surface area (Å²) in [6, 6.07) is 7.87. The van der Waals surface area contributed by atoms with Crippen LogP contribution in [0.1, 0.15) is 5.56 Å². The minimum atomic E-state index is -1.16. The predicted octanol–water partition coefficient (Wildman–Crippen LogP) is 2.89. The van der Waals surface area contributed by atoms with E-state index in [1.54, 1.807) is 0 Å². The van der Waals surface area contributed by atoms with E-state index in [4.69, 9.17) is 11.2 Å². The lowest BCUT2D eigenvalue weighted by molar-refractivity contribution is -0.113. The van der Waals surface area contributed by atoms with Crippen molar-refractivity contribution >= 4 is 49.2 Å². The van der Waals surface area contributed by atoms with Crippen molar-refractivity contribution in [2.75, 3.05) is 16.4 Å². The first-order valence-electron chi connectivity index (χ1n) is 6.14. The maximum Gasteiger partial charge on any atom is 0.234 e. The zero-order chi connectivity index (χ0) is 14.5. The Morgan fingerprint density at radius 3 is 2.37 bits per heavy atom. The van der Waals surface area contributed by atoms with Gasteiger partial charge in [0, 0.05) is 5.69 Å². The minimum Gasteiger partial charge on any atom is -0.325 e. The lowest BCUT2D eigenvalue weighted by Gasteiger charge is -2.17. The van der Waals surface area contributed by atoms with Crippen LogP contribution in [-0.4, -0.2) is 25.1 Å². The van der Waals surface area contributed by atoms with Crippen LogP contribution in [0.4, 0.5) is 5.69 Å². The molecule has 0 aliphatic carbocycles. The Hall–Kier alpha value is -0.303. The van der Waals surface area contributed by atoms with Gasteiger partial charge in [-0.3, -0.25) is 4.79 Å². The van der Waals surface area contributed by atoms with Gasteiger partial charge in [0.05, 0.1) is 13.8 Å². The van der Waals surface area contributed by atoms with Crippen molar-refractivity contribution in [3.63, 3.8) is 0 Å². The van der Waals surface area contributed by atoms with Crippen molar-refractivity contribution in [3.05, 3.63) is 29.8 Å². The summed E-state index contributed by atoms with van der Waals surface area (Å²) in [6.07, 6.45) is 0. The molecule has 0 saturated carbocycles. The maximum atomic E-state index is 12.0. The first kappa shape index (κ1) is 16.8. The Bertz CT molecular complexity index is 502. The largest absolute Gasteiger partial charge is 0.325 e. The maximum absolute atomic E-state index is 12.0. The summed E-state index contributed by atoms with van der Waals surface area (Å²) in [5, 5.41) is 4.06. The molecule has 1 rings (SSSR count). The first-order chi connectivity index (χ1) is 8.80. The van der Waals surface area contributed by atoms with E-state index >= 15 is 0 Å². The van der Waals surface area contributed by atoms with Crippen molar-refractivity contribution in [1.29, 1.82) is 0 Å².